The van der Waals surface area contributed by atoms with Crippen molar-refractivity contribution in [3.8, 4) is 34.4 Å². The maximum absolute atomic E-state index is 9.11. The van der Waals surface area contributed by atoms with E-state index in [4.69, 9.17) is 38.6 Å². The molecule has 0 unspecified atom stereocenters. The largest absolute Gasteiger partial charge is 0.456 e. The van der Waals surface area contributed by atoms with Gasteiger partial charge in [-0.3, -0.25) is 4.57 Å². The maximum atomic E-state index is 9.11. The molecule has 7 aromatic carbocycles. The highest BCUT2D eigenvalue weighted by Gasteiger charge is 2.19. The van der Waals surface area contributed by atoms with Crippen LogP contribution in [-0.2, 0) is 0 Å². The Morgan fingerprint density at radius 3 is 1.73 bits per heavy atom. The molecule has 0 spiro atoms. The zero-order valence-electron chi connectivity index (χ0n) is 40.1. The van der Waals surface area contributed by atoms with E-state index in [1.165, 1.54) is 21.3 Å². The molecule has 238 valence electrons. The SMILES string of the molecule is [2H]c1cc([2H])c2c(c1[2H])c1c([2H])c([2H])cc([2H])c1n2-c1cccc(-c2nc(-c3ccc4c(c3)oc3ccccc34)nc(-n3c4c([2H])c([2H])c([2H])c([2H])c4c4c([2H])c([2H])c([2H])c([2H])c43)n2)c1. The summed E-state index contributed by atoms with van der Waals surface area (Å²) in [4.78, 5) is 14.6. The van der Waals surface area contributed by atoms with Crippen LogP contribution in [0.15, 0.2) is 168 Å². The van der Waals surface area contributed by atoms with Crippen LogP contribution < -0.4 is 0 Å². The second-order valence-corrected chi connectivity index (χ2v) is 11.8. The lowest BCUT2D eigenvalue weighted by atomic mass is 10.1. The molecule has 0 N–H and O–H groups in total. The molecule has 0 saturated heterocycles. The fourth-order valence-electron chi connectivity index (χ4n) is 6.77. The van der Waals surface area contributed by atoms with Gasteiger partial charge < -0.3 is 8.98 Å². The van der Waals surface area contributed by atoms with E-state index in [0.717, 1.165) is 10.8 Å². The zero-order valence-corrected chi connectivity index (χ0v) is 26.1. The van der Waals surface area contributed by atoms with E-state index in [1.54, 1.807) is 36.4 Å². The van der Waals surface area contributed by atoms with Gasteiger partial charge in [-0.2, -0.15) is 9.97 Å². The van der Waals surface area contributed by atoms with Crippen molar-refractivity contribution in [1.29, 1.82) is 0 Å². The molecule has 11 rings (SSSR count). The van der Waals surface area contributed by atoms with E-state index in [0.29, 0.717) is 28.0 Å². The van der Waals surface area contributed by atoms with Crippen molar-refractivity contribution >= 4 is 65.6 Å². The third kappa shape index (κ3) is 4.20. The van der Waals surface area contributed by atoms with E-state index in [2.05, 4.69) is 0 Å². The smallest absolute Gasteiger partial charge is 0.238 e. The Hall–Kier alpha value is -7.05. The van der Waals surface area contributed by atoms with Crippen LogP contribution in [0.3, 0.4) is 0 Å². The number of para-hydroxylation sites is 5. The molecule has 11 aromatic rings. The molecule has 4 heterocycles. The average Bonchev–Trinajstić information content (AvgIpc) is 3.99. The molecule has 0 radical (unpaired) electrons. The summed E-state index contributed by atoms with van der Waals surface area (Å²) in [5.74, 6) is -0.204. The molecule has 4 aromatic heterocycles. The van der Waals surface area contributed by atoms with Crippen molar-refractivity contribution in [3.63, 3.8) is 0 Å². The minimum atomic E-state index is -0.616. The van der Waals surface area contributed by atoms with E-state index < -0.39 is 48.3 Å². The van der Waals surface area contributed by atoms with Crippen LogP contribution in [0.5, 0.6) is 0 Å². The molecule has 0 bridgehead atoms. The molecular formula is C45H27N5O. The number of hydrogen-bond acceptors (Lipinski definition) is 4. The zero-order chi connectivity index (χ0) is 45.7. The monoisotopic (exact) mass is 667 g/mol. The van der Waals surface area contributed by atoms with Gasteiger partial charge in [-0.05, 0) is 54.5 Å². The van der Waals surface area contributed by atoms with Gasteiger partial charge in [0.1, 0.15) is 11.2 Å². The molecule has 0 fully saturated rings. The van der Waals surface area contributed by atoms with E-state index in [-0.39, 0.29) is 97.5 Å². The predicted octanol–water partition coefficient (Wildman–Crippen LogP) is 11.3. The summed E-state index contributed by atoms with van der Waals surface area (Å²) in [7, 11) is 0. The third-order valence-electron chi connectivity index (χ3n) is 8.98. The van der Waals surface area contributed by atoms with Crippen LogP contribution in [0.4, 0.5) is 0 Å². The Kier molecular flexibility index (Phi) is 3.69. The summed E-state index contributed by atoms with van der Waals surface area (Å²) in [6.07, 6.45) is 0. The van der Waals surface area contributed by atoms with Crippen LogP contribution in [-0.4, -0.2) is 24.1 Å². The second kappa shape index (κ2) is 10.7. The van der Waals surface area contributed by atoms with Crippen molar-refractivity contribution in [2.24, 2.45) is 0 Å². The Morgan fingerprint density at radius 2 is 1.02 bits per heavy atom. The number of nitrogens with zero attached hydrogens (tertiary/aromatic N) is 5. The molecule has 0 aliphatic rings. The first kappa shape index (κ1) is 17.6. The number of aromatic nitrogens is 5. The lowest BCUT2D eigenvalue weighted by Gasteiger charge is -2.12. The molecular weight excluding hydrogens is 627 g/mol. The highest BCUT2D eigenvalue weighted by atomic mass is 16.3. The van der Waals surface area contributed by atoms with Crippen LogP contribution in [0.2, 0.25) is 0 Å². The number of furan rings is 1. The number of rotatable bonds is 4. The lowest BCUT2D eigenvalue weighted by molar-refractivity contribution is 0.669. The molecule has 6 heteroatoms. The van der Waals surface area contributed by atoms with Gasteiger partial charge in [0.15, 0.2) is 11.6 Å². The first-order valence-electron chi connectivity index (χ1n) is 22.9. The van der Waals surface area contributed by atoms with Crippen molar-refractivity contribution in [2.45, 2.75) is 0 Å². The van der Waals surface area contributed by atoms with Gasteiger partial charge in [0, 0.05) is 49.1 Å². The molecule has 51 heavy (non-hydrogen) atoms. The Bertz CT molecular complexity index is 3820. The van der Waals surface area contributed by atoms with Crippen LogP contribution >= 0.6 is 0 Å². The Labute approximate surface area is 311 Å². The van der Waals surface area contributed by atoms with Crippen LogP contribution in [0.1, 0.15) is 19.2 Å². The standard InChI is InChI=1S/C45H27N5O/c1-6-19-37-31(14-1)32-15-2-7-20-38(32)49(37)30-13-11-12-28(26-30)43-46-44(29-24-25-36-35-18-5-10-23-41(35)51-42(36)27-29)48-45(47-43)50-39-21-8-3-16-33(39)34-17-4-9-22-40(34)50/h1-27H/i1D,2D,3D,4D,8D,9D,14D,15D,16D,17D,19D,20D,21D,22D. The van der Waals surface area contributed by atoms with Gasteiger partial charge in [-0.15, -0.1) is 0 Å². The van der Waals surface area contributed by atoms with Gasteiger partial charge in [-0.1, -0.05) is 109 Å². The summed E-state index contributed by atoms with van der Waals surface area (Å²) in [5.41, 5.74) is 2.13. The van der Waals surface area contributed by atoms with E-state index >= 15 is 0 Å². The molecule has 0 aliphatic carbocycles. The fourth-order valence-corrected chi connectivity index (χ4v) is 6.77. The molecule has 0 amide bonds. The quantitative estimate of drug-likeness (QED) is 0.187. The predicted molar refractivity (Wildman–Crippen MR) is 207 cm³/mol. The van der Waals surface area contributed by atoms with Gasteiger partial charge in [0.25, 0.3) is 0 Å². The summed E-state index contributed by atoms with van der Waals surface area (Å²) in [6, 6.07) is 16.0. The molecule has 6 nitrogen and oxygen atoms in total. The van der Waals surface area contributed by atoms with Gasteiger partial charge in [0.2, 0.25) is 5.95 Å². The molecule has 0 aliphatic heterocycles. The van der Waals surface area contributed by atoms with E-state index in [1.807, 2.05) is 30.3 Å². The van der Waals surface area contributed by atoms with Gasteiger partial charge in [0.05, 0.1) is 41.3 Å². The minimum absolute atomic E-state index is 0.00423. The summed E-state index contributed by atoms with van der Waals surface area (Å²) in [6.45, 7) is 0. The topological polar surface area (TPSA) is 61.7 Å². The van der Waals surface area contributed by atoms with Crippen molar-refractivity contribution < 1.29 is 23.6 Å². The normalized spacial score (nSPS) is 15.8. The minimum Gasteiger partial charge on any atom is -0.456 e. The number of benzene rings is 7. The second-order valence-electron chi connectivity index (χ2n) is 11.8. The Balaban J connectivity index is 1.25. The molecule has 0 saturated carbocycles. The Morgan fingerprint density at radius 1 is 0.431 bits per heavy atom. The highest BCUT2D eigenvalue weighted by Crippen LogP contribution is 2.36. The summed E-state index contributed by atoms with van der Waals surface area (Å²) in [5, 5.41) is 1.51. The number of hydrogen-bond donors (Lipinski definition) is 0. The van der Waals surface area contributed by atoms with Crippen LogP contribution in [0, 0.1) is 0 Å². The first-order chi connectivity index (χ1) is 31.1. The van der Waals surface area contributed by atoms with Crippen molar-refractivity contribution in [3.05, 3.63) is 163 Å². The maximum Gasteiger partial charge on any atom is 0.238 e. The van der Waals surface area contributed by atoms with E-state index in [9.17, 15) is 0 Å². The average molecular weight is 668 g/mol. The van der Waals surface area contributed by atoms with Crippen LogP contribution in [0.25, 0.3) is 100.0 Å². The highest BCUT2D eigenvalue weighted by molar-refractivity contribution is 6.10. The summed E-state index contributed by atoms with van der Waals surface area (Å²) >= 11 is 0. The fraction of sp³-hybridized carbons (Fsp3) is 0. The van der Waals surface area contributed by atoms with Crippen molar-refractivity contribution in [2.75, 3.05) is 0 Å². The number of fused-ring (bicyclic) bond motifs is 9. The first-order valence-corrected chi connectivity index (χ1v) is 15.9. The lowest BCUT2D eigenvalue weighted by Crippen LogP contribution is -2.06. The van der Waals surface area contributed by atoms with Gasteiger partial charge in [-0.25, -0.2) is 4.98 Å². The summed E-state index contributed by atoms with van der Waals surface area (Å²) < 4.78 is 132. The third-order valence-corrected chi connectivity index (χ3v) is 8.98. The van der Waals surface area contributed by atoms with Crippen molar-refractivity contribution in [1.82, 2.24) is 24.1 Å². The molecule has 0 atom stereocenters. The van der Waals surface area contributed by atoms with Gasteiger partial charge >= 0.3 is 0 Å².